The van der Waals surface area contributed by atoms with Crippen molar-refractivity contribution in [1.29, 1.82) is 0 Å². The fourth-order valence-electron chi connectivity index (χ4n) is 3.04. The normalized spacial score (nSPS) is 11.7. The Bertz CT molecular complexity index is 1120. The molecule has 0 amide bonds. The van der Waals surface area contributed by atoms with Gasteiger partial charge in [0.25, 0.3) is 5.56 Å². The van der Waals surface area contributed by atoms with E-state index in [1.165, 1.54) is 38.5 Å². The van der Waals surface area contributed by atoms with Gasteiger partial charge in [-0.05, 0) is 30.8 Å². The first kappa shape index (κ1) is 21.9. The number of aromatic nitrogens is 2. The maximum Gasteiger partial charge on any atom is 0.416 e. The lowest BCUT2D eigenvalue weighted by Crippen LogP contribution is -2.16. The number of aromatic amines is 1. The molecule has 11 heteroatoms. The third-order valence-corrected chi connectivity index (χ3v) is 4.91. The fraction of sp³-hybridized carbons (Fsp3) is 0.263. The van der Waals surface area contributed by atoms with Crippen LogP contribution in [0.3, 0.4) is 0 Å². The van der Waals surface area contributed by atoms with E-state index in [2.05, 4.69) is 19.6 Å². The molecular weight excluding hydrogens is 421 g/mol. The first-order chi connectivity index (χ1) is 14.3. The van der Waals surface area contributed by atoms with E-state index in [4.69, 9.17) is 9.47 Å². The molecule has 0 unspecified atom stereocenters. The van der Waals surface area contributed by atoms with Crippen LogP contribution in [0.4, 0.5) is 13.2 Å². The largest absolute Gasteiger partial charge is 0.493 e. The van der Waals surface area contributed by atoms with Crippen LogP contribution in [-0.4, -0.2) is 31.5 Å². The van der Waals surface area contributed by atoms with Crippen LogP contribution in [0.25, 0.3) is 22.0 Å². The van der Waals surface area contributed by atoms with Gasteiger partial charge in [-0.3, -0.25) is 9.52 Å². The van der Waals surface area contributed by atoms with E-state index in [0.29, 0.717) is 16.9 Å². The van der Waals surface area contributed by atoms with E-state index in [0.717, 1.165) is 18.2 Å². The third-order valence-electron chi connectivity index (χ3n) is 4.42. The van der Waals surface area contributed by atoms with Crippen molar-refractivity contribution >= 4 is 22.9 Å². The Labute approximate surface area is 174 Å². The lowest BCUT2D eigenvalue weighted by molar-refractivity contribution is -0.138. The molecule has 0 bridgehead atoms. The number of nitrogens with zero attached hydrogens (tertiary/aromatic N) is 1. The molecule has 0 aliphatic heterocycles. The molecule has 0 atom stereocenters. The molecule has 0 saturated heterocycles. The highest BCUT2D eigenvalue weighted by atomic mass is 32.2. The Morgan fingerprint density at radius 2 is 1.77 bits per heavy atom. The monoisotopic (exact) mass is 440 g/mol. The second kappa shape index (κ2) is 8.94. The van der Waals surface area contributed by atoms with Crippen molar-refractivity contribution < 1.29 is 22.6 Å². The van der Waals surface area contributed by atoms with Crippen LogP contribution in [0.2, 0.25) is 0 Å². The Balaban J connectivity index is 2.20. The van der Waals surface area contributed by atoms with Gasteiger partial charge in [0.15, 0.2) is 11.5 Å². The zero-order valence-electron chi connectivity index (χ0n) is 16.3. The SMILES string of the molecule is CNSNCc1ccc(-c2n[nH]c(=O)c3cc(OC)c(OC)cc23)cc1C(F)(F)F. The number of alkyl halides is 3. The minimum absolute atomic E-state index is 0.00541. The van der Waals surface area contributed by atoms with Gasteiger partial charge in [0.1, 0.15) is 0 Å². The molecule has 0 saturated carbocycles. The molecule has 0 spiro atoms. The Kier molecular flexibility index (Phi) is 6.54. The van der Waals surface area contributed by atoms with Crippen LogP contribution in [0, 0.1) is 0 Å². The highest BCUT2D eigenvalue weighted by Gasteiger charge is 2.33. The molecule has 1 heterocycles. The van der Waals surface area contributed by atoms with E-state index < -0.39 is 17.3 Å². The first-order valence-electron chi connectivity index (χ1n) is 8.70. The number of fused-ring (bicyclic) bond motifs is 1. The average molecular weight is 440 g/mol. The van der Waals surface area contributed by atoms with Crippen molar-refractivity contribution in [3.8, 4) is 22.8 Å². The molecule has 0 aliphatic rings. The number of ether oxygens (including phenoxy) is 2. The summed E-state index contributed by atoms with van der Waals surface area (Å²) in [5.74, 6) is 0.659. The average Bonchev–Trinajstić information content (AvgIpc) is 2.73. The number of methoxy groups -OCH3 is 2. The maximum atomic E-state index is 13.7. The van der Waals surface area contributed by atoms with Crippen molar-refractivity contribution in [2.75, 3.05) is 21.3 Å². The predicted molar refractivity (Wildman–Crippen MR) is 109 cm³/mol. The molecular formula is C19H19F3N4O3S. The Morgan fingerprint density at radius 3 is 2.37 bits per heavy atom. The number of nitrogens with one attached hydrogen (secondary N) is 3. The summed E-state index contributed by atoms with van der Waals surface area (Å²) in [7, 11) is 4.51. The van der Waals surface area contributed by atoms with Crippen LogP contribution >= 0.6 is 12.1 Å². The van der Waals surface area contributed by atoms with Crippen molar-refractivity contribution in [3.63, 3.8) is 0 Å². The number of benzene rings is 2. The predicted octanol–water partition coefficient (Wildman–Crippen LogP) is 3.50. The summed E-state index contributed by atoms with van der Waals surface area (Å²) >= 11 is 1.09. The van der Waals surface area contributed by atoms with Gasteiger partial charge in [-0.2, -0.15) is 18.3 Å². The molecule has 160 valence electrons. The molecule has 0 radical (unpaired) electrons. The van der Waals surface area contributed by atoms with Crippen molar-refractivity contribution in [1.82, 2.24) is 19.6 Å². The smallest absolute Gasteiger partial charge is 0.416 e. The van der Waals surface area contributed by atoms with Crippen LogP contribution in [0.1, 0.15) is 11.1 Å². The van der Waals surface area contributed by atoms with Crippen LogP contribution in [-0.2, 0) is 12.7 Å². The molecule has 7 nitrogen and oxygen atoms in total. The van der Waals surface area contributed by atoms with Gasteiger partial charge in [-0.25, -0.2) is 9.82 Å². The number of rotatable bonds is 7. The number of hydrogen-bond acceptors (Lipinski definition) is 7. The summed E-state index contributed by atoms with van der Waals surface area (Å²) in [4.78, 5) is 12.2. The zero-order chi connectivity index (χ0) is 21.9. The zero-order valence-corrected chi connectivity index (χ0v) is 17.1. The van der Waals surface area contributed by atoms with Gasteiger partial charge in [-0.1, -0.05) is 12.1 Å². The van der Waals surface area contributed by atoms with E-state index >= 15 is 0 Å². The molecule has 30 heavy (non-hydrogen) atoms. The van der Waals surface area contributed by atoms with Crippen LogP contribution in [0.15, 0.2) is 35.1 Å². The molecule has 0 aliphatic carbocycles. The molecule has 2 aromatic carbocycles. The lowest BCUT2D eigenvalue weighted by Gasteiger charge is -2.16. The maximum absolute atomic E-state index is 13.7. The van der Waals surface area contributed by atoms with Crippen LogP contribution < -0.4 is 24.5 Å². The summed E-state index contributed by atoms with van der Waals surface area (Å²) < 4.78 is 57.1. The molecule has 0 fully saturated rings. The highest BCUT2D eigenvalue weighted by molar-refractivity contribution is 7.95. The molecule has 3 rings (SSSR count). The van der Waals surface area contributed by atoms with E-state index in [9.17, 15) is 18.0 Å². The fourth-order valence-corrected chi connectivity index (χ4v) is 3.41. The van der Waals surface area contributed by atoms with Gasteiger partial charge < -0.3 is 9.47 Å². The number of halogens is 3. The Morgan fingerprint density at radius 1 is 1.10 bits per heavy atom. The van der Waals surface area contributed by atoms with E-state index in [1.54, 1.807) is 7.05 Å². The molecule has 3 aromatic rings. The molecule has 3 N–H and O–H groups in total. The number of H-pyrrole nitrogens is 1. The summed E-state index contributed by atoms with van der Waals surface area (Å²) in [6, 6.07) is 6.94. The summed E-state index contributed by atoms with van der Waals surface area (Å²) in [5, 5.41) is 6.92. The topological polar surface area (TPSA) is 88.3 Å². The van der Waals surface area contributed by atoms with Crippen molar-refractivity contribution in [3.05, 3.63) is 51.8 Å². The van der Waals surface area contributed by atoms with Crippen molar-refractivity contribution in [2.45, 2.75) is 12.7 Å². The minimum atomic E-state index is -4.56. The van der Waals surface area contributed by atoms with Gasteiger partial charge >= 0.3 is 6.18 Å². The van der Waals surface area contributed by atoms with E-state index in [-0.39, 0.29) is 28.8 Å². The number of hydrogen-bond donors (Lipinski definition) is 3. The third kappa shape index (κ3) is 4.37. The second-order valence-electron chi connectivity index (χ2n) is 6.15. The second-order valence-corrected chi connectivity index (χ2v) is 7.05. The first-order valence-corrected chi connectivity index (χ1v) is 9.52. The van der Waals surface area contributed by atoms with Gasteiger partial charge in [0, 0.05) is 29.6 Å². The van der Waals surface area contributed by atoms with Gasteiger partial charge in [-0.15, -0.1) is 0 Å². The summed E-state index contributed by atoms with van der Waals surface area (Å²) in [6.07, 6.45) is -4.56. The quantitative estimate of drug-likeness (QED) is 0.383. The van der Waals surface area contributed by atoms with Gasteiger partial charge in [0.05, 0.1) is 30.9 Å². The van der Waals surface area contributed by atoms with Crippen LogP contribution in [0.5, 0.6) is 11.5 Å². The summed E-state index contributed by atoms with van der Waals surface area (Å²) in [6.45, 7) is 0.00541. The van der Waals surface area contributed by atoms with E-state index in [1.807, 2.05) is 0 Å². The minimum Gasteiger partial charge on any atom is -0.493 e. The highest BCUT2D eigenvalue weighted by Crippen LogP contribution is 2.38. The summed E-state index contributed by atoms with van der Waals surface area (Å²) in [5.41, 5.74) is -0.788. The molecule has 1 aromatic heterocycles. The van der Waals surface area contributed by atoms with Crippen molar-refractivity contribution in [2.24, 2.45) is 0 Å². The Hall–Kier alpha value is -2.76. The lowest BCUT2D eigenvalue weighted by atomic mass is 9.99. The van der Waals surface area contributed by atoms with Gasteiger partial charge in [0.2, 0.25) is 0 Å². The standard InChI is InChI=1S/C19H19F3N4O3S/c1-23-30-24-9-11-5-4-10(6-14(11)19(20,21)22)17-12-7-15(28-2)16(29-3)8-13(12)18(27)26-25-17/h4-8,23-24H,9H2,1-3H3,(H,26,27).